The van der Waals surface area contributed by atoms with Crippen molar-refractivity contribution in [2.24, 2.45) is 0 Å². The lowest BCUT2D eigenvalue weighted by molar-refractivity contribution is 1.09. The lowest BCUT2D eigenvalue weighted by Gasteiger charge is -1.97. The Balaban J connectivity index is 2.20. The summed E-state index contributed by atoms with van der Waals surface area (Å²) in [7, 11) is 0. The molecule has 0 saturated heterocycles. The van der Waals surface area contributed by atoms with E-state index in [1.54, 1.807) is 11.3 Å². The molecule has 0 radical (unpaired) electrons. The second-order valence-electron chi connectivity index (χ2n) is 3.58. The maximum Gasteiger partial charge on any atom is 0.0975 e. The number of aryl methyl sites for hydroxylation is 1. The van der Waals surface area contributed by atoms with Gasteiger partial charge in [0.2, 0.25) is 0 Å². The van der Waals surface area contributed by atoms with Crippen LogP contribution in [0.1, 0.15) is 21.1 Å². The van der Waals surface area contributed by atoms with E-state index in [0.717, 1.165) is 27.9 Å². The Morgan fingerprint density at radius 3 is 2.88 bits per heavy atom. The van der Waals surface area contributed by atoms with Crippen LogP contribution in [-0.4, -0.2) is 4.98 Å². The normalized spacial score (nSPS) is 10.7. The van der Waals surface area contributed by atoms with E-state index in [1.165, 1.54) is 10.4 Å². The van der Waals surface area contributed by atoms with E-state index in [-0.39, 0.29) is 0 Å². The minimum Gasteiger partial charge on any atom is -0.246 e. The molecule has 0 unspecified atom stereocenters. The number of halogens is 1. The van der Waals surface area contributed by atoms with Crippen LogP contribution >= 0.6 is 35.6 Å². The van der Waals surface area contributed by atoms with Gasteiger partial charge in [-0.1, -0.05) is 23.7 Å². The van der Waals surface area contributed by atoms with E-state index in [0.29, 0.717) is 0 Å². The molecular weight excluding hydrogens is 258 g/mol. The predicted molar refractivity (Wildman–Crippen MR) is 73.8 cm³/mol. The molecular formula is C12H12ClNS2. The van der Waals surface area contributed by atoms with E-state index in [1.807, 2.05) is 25.1 Å². The average Bonchev–Trinajstić information content (AvgIpc) is 2.58. The lowest BCUT2D eigenvalue weighted by Crippen LogP contribution is -1.86. The molecule has 0 saturated carbocycles. The van der Waals surface area contributed by atoms with Crippen LogP contribution in [0.3, 0.4) is 0 Å². The number of thiazole rings is 1. The largest absolute Gasteiger partial charge is 0.246 e. The molecule has 0 atom stereocenters. The predicted octanol–water partition coefficient (Wildman–Crippen LogP) is 4.13. The Kier molecular flexibility index (Phi) is 3.90. The summed E-state index contributed by atoms with van der Waals surface area (Å²) in [6.07, 6.45) is 0.847. The van der Waals surface area contributed by atoms with Crippen LogP contribution in [0.5, 0.6) is 0 Å². The monoisotopic (exact) mass is 269 g/mol. The van der Waals surface area contributed by atoms with Crippen LogP contribution in [0, 0.1) is 6.92 Å². The average molecular weight is 270 g/mol. The number of nitrogens with zero attached hydrogens (tertiary/aromatic N) is 1. The molecule has 1 nitrogen and oxygen atoms in total. The van der Waals surface area contributed by atoms with Crippen LogP contribution in [0.2, 0.25) is 5.02 Å². The first-order valence-electron chi connectivity index (χ1n) is 4.99. The van der Waals surface area contributed by atoms with E-state index < -0.39 is 0 Å². The zero-order chi connectivity index (χ0) is 11.5. The highest BCUT2D eigenvalue weighted by molar-refractivity contribution is 7.79. The third-order valence-corrected chi connectivity index (χ3v) is 4.25. The molecule has 0 amide bonds. The van der Waals surface area contributed by atoms with Crippen molar-refractivity contribution < 1.29 is 0 Å². The van der Waals surface area contributed by atoms with Crippen LogP contribution in [0.25, 0.3) is 0 Å². The van der Waals surface area contributed by atoms with E-state index in [2.05, 4.69) is 23.7 Å². The smallest absolute Gasteiger partial charge is 0.0975 e. The maximum atomic E-state index is 5.95. The number of rotatable bonds is 3. The zero-order valence-corrected chi connectivity index (χ0v) is 11.4. The second-order valence-corrected chi connectivity index (χ2v) is 5.50. The van der Waals surface area contributed by atoms with Gasteiger partial charge in [0.25, 0.3) is 0 Å². The fourth-order valence-electron chi connectivity index (χ4n) is 1.53. The van der Waals surface area contributed by atoms with Crippen molar-refractivity contribution in [1.29, 1.82) is 0 Å². The van der Waals surface area contributed by atoms with Gasteiger partial charge in [-0.3, -0.25) is 0 Å². The highest BCUT2D eigenvalue weighted by atomic mass is 35.5. The van der Waals surface area contributed by atoms with Crippen LogP contribution in [-0.2, 0) is 12.2 Å². The molecule has 0 aliphatic carbocycles. The molecule has 16 heavy (non-hydrogen) atoms. The molecule has 0 fully saturated rings. The van der Waals surface area contributed by atoms with Gasteiger partial charge in [-0.25, -0.2) is 4.98 Å². The number of hydrogen-bond donors (Lipinski definition) is 1. The summed E-state index contributed by atoms with van der Waals surface area (Å²) in [5, 5.41) is 1.91. The molecule has 84 valence electrons. The van der Waals surface area contributed by atoms with E-state index in [9.17, 15) is 0 Å². The minimum absolute atomic E-state index is 0.763. The Labute approximate surface area is 110 Å². The first kappa shape index (κ1) is 12.0. The molecule has 1 heterocycles. The van der Waals surface area contributed by atoms with Gasteiger partial charge in [0.05, 0.1) is 10.7 Å². The highest BCUT2D eigenvalue weighted by Crippen LogP contribution is 2.23. The Morgan fingerprint density at radius 2 is 2.25 bits per heavy atom. The van der Waals surface area contributed by atoms with Crippen molar-refractivity contribution in [2.75, 3.05) is 0 Å². The third-order valence-electron chi connectivity index (χ3n) is 2.32. The molecule has 0 aliphatic rings. The quantitative estimate of drug-likeness (QED) is 0.827. The highest BCUT2D eigenvalue weighted by Gasteiger charge is 2.06. The van der Waals surface area contributed by atoms with Gasteiger partial charge in [-0.05, 0) is 24.6 Å². The fourth-order valence-corrected chi connectivity index (χ4v) is 3.13. The summed E-state index contributed by atoms with van der Waals surface area (Å²) in [5.74, 6) is 0.763. The number of hydrogen-bond acceptors (Lipinski definition) is 3. The summed E-state index contributed by atoms with van der Waals surface area (Å²) in [4.78, 5) is 5.78. The first-order valence-corrected chi connectivity index (χ1v) is 6.82. The van der Waals surface area contributed by atoms with Gasteiger partial charge in [0, 0.05) is 22.1 Å². The molecule has 4 heteroatoms. The molecule has 2 rings (SSSR count). The summed E-state index contributed by atoms with van der Waals surface area (Å²) in [6.45, 7) is 2.03. The second kappa shape index (κ2) is 5.21. The summed E-state index contributed by atoms with van der Waals surface area (Å²) in [6, 6.07) is 7.91. The van der Waals surface area contributed by atoms with Gasteiger partial charge < -0.3 is 0 Å². The van der Waals surface area contributed by atoms with Gasteiger partial charge in [0.1, 0.15) is 0 Å². The van der Waals surface area contributed by atoms with Gasteiger partial charge in [0.15, 0.2) is 0 Å². The van der Waals surface area contributed by atoms with E-state index in [4.69, 9.17) is 11.6 Å². The maximum absolute atomic E-state index is 5.95. The molecule has 2 aromatic rings. The topological polar surface area (TPSA) is 12.9 Å². The first-order chi connectivity index (χ1) is 7.69. The van der Waals surface area contributed by atoms with Crippen LogP contribution in [0.15, 0.2) is 24.3 Å². The van der Waals surface area contributed by atoms with Crippen molar-refractivity contribution in [3.05, 3.63) is 50.4 Å². The van der Waals surface area contributed by atoms with Gasteiger partial charge in [-0.2, -0.15) is 12.6 Å². The Hall–Kier alpha value is -0.510. The summed E-state index contributed by atoms with van der Waals surface area (Å²) < 4.78 is 0. The van der Waals surface area contributed by atoms with Gasteiger partial charge >= 0.3 is 0 Å². The van der Waals surface area contributed by atoms with Crippen LogP contribution < -0.4 is 0 Å². The summed E-state index contributed by atoms with van der Waals surface area (Å²) in [5.41, 5.74) is 2.30. The van der Waals surface area contributed by atoms with Crippen molar-refractivity contribution in [3.8, 4) is 0 Å². The van der Waals surface area contributed by atoms with Gasteiger partial charge in [-0.15, -0.1) is 11.3 Å². The standard InChI is InChI=1S/C12H12ClNS2/c1-8-11(7-15)16-12(14-8)6-9-3-2-4-10(13)5-9/h2-5,15H,6-7H2,1H3. The van der Waals surface area contributed by atoms with Crippen molar-refractivity contribution in [3.63, 3.8) is 0 Å². The molecule has 0 spiro atoms. The summed E-state index contributed by atoms with van der Waals surface area (Å²) >= 11 is 12.0. The molecule has 1 aromatic carbocycles. The lowest BCUT2D eigenvalue weighted by atomic mass is 10.2. The Bertz CT molecular complexity index is 494. The minimum atomic E-state index is 0.763. The molecule has 1 aromatic heterocycles. The SMILES string of the molecule is Cc1nc(Cc2cccc(Cl)c2)sc1CS. The van der Waals surface area contributed by atoms with Crippen molar-refractivity contribution in [1.82, 2.24) is 4.98 Å². The zero-order valence-electron chi connectivity index (χ0n) is 8.90. The van der Waals surface area contributed by atoms with E-state index >= 15 is 0 Å². The van der Waals surface area contributed by atoms with Crippen LogP contribution in [0.4, 0.5) is 0 Å². The Morgan fingerprint density at radius 1 is 1.44 bits per heavy atom. The third kappa shape index (κ3) is 2.78. The van der Waals surface area contributed by atoms with Crippen molar-refractivity contribution in [2.45, 2.75) is 19.1 Å². The molecule has 0 N–H and O–H groups in total. The number of thiol groups is 1. The fraction of sp³-hybridized carbons (Fsp3) is 0.250. The number of aromatic nitrogens is 1. The van der Waals surface area contributed by atoms with Crippen molar-refractivity contribution >= 4 is 35.6 Å². The molecule has 0 aliphatic heterocycles. The number of benzene rings is 1. The molecule has 0 bridgehead atoms.